The van der Waals surface area contributed by atoms with Gasteiger partial charge in [-0.05, 0) is 50.2 Å². The molecular formula is C19H20N4O4. The Hall–Kier alpha value is -3.13. The van der Waals surface area contributed by atoms with Crippen LogP contribution < -0.4 is 5.32 Å². The first kappa shape index (κ1) is 17.3. The van der Waals surface area contributed by atoms with E-state index in [4.69, 9.17) is 13.6 Å². The van der Waals surface area contributed by atoms with Crippen molar-refractivity contribution >= 4 is 11.7 Å². The summed E-state index contributed by atoms with van der Waals surface area (Å²) in [6, 6.07) is 10.6. The predicted octanol–water partition coefficient (Wildman–Crippen LogP) is 3.64. The highest BCUT2D eigenvalue weighted by Crippen LogP contribution is 2.25. The molecule has 0 radical (unpaired) electrons. The van der Waals surface area contributed by atoms with Gasteiger partial charge in [-0.3, -0.25) is 0 Å². The number of benzene rings is 1. The van der Waals surface area contributed by atoms with Crippen molar-refractivity contribution in [2.45, 2.75) is 26.1 Å². The molecule has 0 saturated carbocycles. The second-order valence-corrected chi connectivity index (χ2v) is 6.56. The average molecular weight is 368 g/mol. The van der Waals surface area contributed by atoms with Gasteiger partial charge in [-0.1, -0.05) is 0 Å². The minimum absolute atomic E-state index is 0.0303. The molecule has 1 saturated heterocycles. The maximum Gasteiger partial charge on any atom is 0.322 e. The van der Waals surface area contributed by atoms with E-state index in [2.05, 4.69) is 15.5 Å². The van der Waals surface area contributed by atoms with Crippen molar-refractivity contribution < 1.29 is 18.4 Å². The Labute approximate surface area is 156 Å². The smallest absolute Gasteiger partial charge is 0.322 e. The van der Waals surface area contributed by atoms with Gasteiger partial charge < -0.3 is 23.8 Å². The summed E-state index contributed by atoms with van der Waals surface area (Å²) in [5, 5.41) is 10.9. The summed E-state index contributed by atoms with van der Waals surface area (Å²) in [6.45, 7) is 5.08. The average Bonchev–Trinajstić information content (AvgIpc) is 3.33. The Morgan fingerprint density at radius 1 is 1.07 bits per heavy atom. The van der Waals surface area contributed by atoms with Crippen LogP contribution in [0.15, 0.2) is 51.5 Å². The molecule has 1 fully saturated rings. The molecule has 3 heterocycles. The Kier molecular flexibility index (Phi) is 4.64. The third-order valence-corrected chi connectivity index (χ3v) is 4.25. The quantitative estimate of drug-likeness (QED) is 0.759. The molecule has 0 bridgehead atoms. The molecule has 140 valence electrons. The van der Waals surface area contributed by atoms with Gasteiger partial charge >= 0.3 is 6.03 Å². The van der Waals surface area contributed by atoms with Crippen molar-refractivity contribution in [2.24, 2.45) is 0 Å². The van der Waals surface area contributed by atoms with Gasteiger partial charge in [-0.2, -0.15) is 0 Å². The van der Waals surface area contributed by atoms with Crippen LogP contribution in [-0.4, -0.2) is 46.4 Å². The molecular weight excluding hydrogens is 348 g/mol. The van der Waals surface area contributed by atoms with Crippen molar-refractivity contribution in [1.29, 1.82) is 0 Å². The van der Waals surface area contributed by atoms with Crippen LogP contribution in [-0.2, 0) is 4.74 Å². The number of ether oxygens (including phenoxy) is 1. The molecule has 1 N–H and O–H groups in total. The molecule has 8 heteroatoms. The number of hydrogen-bond acceptors (Lipinski definition) is 6. The highest BCUT2D eigenvalue weighted by Gasteiger charge is 2.25. The first-order chi connectivity index (χ1) is 13.1. The van der Waals surface area contributed by atoms with Crippen LogP contribution in [0.5, 0.6) is 0 Å². The van der Waals surface area contributed by atoms with Crippen LogP contribution in [0.25, 0.3) is 23.1 Å². The van der Waals surface area contributed by atoms with Gasteiger partial charge in [0.15, 0.2) is 5.76 Å². The molecule has 2 amide bonds. The Balaban J connectivity index is 1.42. The number of aromatic nitrogens is 2. The zero-order chi connectivity index (χ0) is 18.8. The number of anilines is 1. The highest BCUT2D eigenvalue weighted by atomic mass is 16.5. The molecule has 0 aliphatic carbocycles. The number of urea groups is 1. The lowest BCUT2D eigenvalue weighted by atomic mass is 10.2. The molecule has 3 aromatic rings. The van der Waals surface area contributed by atoms with Crippen LogP contribution in [0.4, 0.5) is 10.5 Å². The fourth-order valence-electron chi connectivity index (χ4n) is 3.08. The minimum Gasteiger partial charge on any atom is -0.459 e. The van der Waals surface area contributed by atoms with E-state index in [1.165, 1.54) is 0 Å². The van der Waals surface area contributed by atoms with Gasteiger partial charge in [0.25, 0.3) is 5.89 Å². The SMILES string of the molecule is C[C@@H]1CN(C(=O)Nc2ccc(-c3nnc(-c4ccco4)o3)cc2)C[C@H](C)O1. The van der Waals surface area contributed by atoms with E-state index in [-0.39, 0.29) is 18.2 Å². The normalized spacial score (nSPS) is 19.9. The van der Waals surface area contributed by atoms with Gasteiger partial charge in [0.1, 0.15) is 0 Å². The minimum atomic E-state index is -0.136. The monoisotopic (exact) mass is 368 g/mol. The zero-order valence-corrected chi connectivity index (χ0v) is 15.1. The van der Waals surface area contributed by atoms with Gasteiger partial charge in [0, 0.05) is 24.3 Å². The highest BCUT2D eigenvalue weighted by molar-refractivity contribution is 5.89. The lowest BCUT2D eigenvalue weighted by Crippen LogP contribution is -2.49. The fourth-order valence-corrected chi connectivity index (χ4v) is 3.08. The largest absolute Gasteiger partial charge is 0.459 e. The molecule has 27 heavy (non-hydrogen) atoms. The number of hydrogen-bond donors (Lipinski definition) is 1. The van der Waals surface area contributed by atoms with Crippen molar-refractivity contribution in [2.75, 3.05) is 18.4 Å². The lowest BCUT2D eigenvalue weighted by molar-refractivity contribution is -0.0530. The van der Waals surface area contributed by atoms with Crippen molar-refractivity contribution in [3.05, 3.63) is 42.7 Å². The fraction of sp³-hybridized carbons (Fsp3) is 0.316. The first-order valence-electron chi connectivity index (χ1n) is 8.77. The molecule has 0 unspecified atom stereocenters. The van der Waals surface area contributed by atoms with Crippen LogP contribution in [0.3, 0.4) is 0 Å². The topological polar surface area (TPSA) is 93.6 Å². The first-order valence-corrected chi connectivity index (χ1v) is 8.77. The number of morpholine rings is 1. The van der Waals surface area contributed by atoms with E-state index in [1.807, 2.05) is 26.0 Å². The number of amides is 2. The maximum absolute atomic E-state index is 12.5. The van der Waals surface area contributed by atoms with Crippen molar-refractivity contribution in [3.63, 3.8) is 0 Å². The standard InChI is InChI=1S/C19H20N4O4/c1-12-10-23(11-13(2)26-12)19(24)20-15-7-5-14(6-8-15)17-21-22-18(27-17)16-4-3-9-25-16/h3-9,12-13H,10-11H2,1-2H3,(H,20,24)/t12-,13+. The molecule has 4 rings (SSSR count). The number of furan rings is 1. The lowest BCUT2D eigenvalue weighted by Gasteiger charge is -2.35. The summed E-state index contributed by atoms with van der Waals surface area (Å²) in [5.41, 5.74) is 1.45. The van der Waals surface area contributed by atoms with E-state index in [9.17, 15) is 4.79 Å². The third kappa shape index (κ3) is 3.85. The zero-order valence-electron chi connectivity index (χ0n) is 15.1. The molecule has 1 aliphatic rings. The van der Waals surface area contributed by atoms with E-state index in [0.717, 1.165) is 5.56 Å². The Morgan fingerprint density at radius 3 is 2.44 bits per heavy atom. The van der Waals surface area contributed by atoms with Crippen LogP contribution in [0, 0.1) is 0 Å². The van der Waals surface area contributed by atoms with E-state index in [0.29, 0.717) is 36.3 Å². The summed E-state index contributed by atoms with van der Waals surface area (Å²) >= 11 is 0. The molecule has 2 atom stereocenters. The van der Waals surface area contributed by atoms with Crippen LogP contribution in [0.1, 0.15) is 13.8 Å². The summed E-state index contributed by atoms with van der Waals surface area (Å²) in [5.74, 6) is 1.23. The van der Waals surface area contributed by atoms with E-state index >= 15 is 0 Å². The van der Waals surface area contributed by atoms with Crippen LogP contribution in [0.2, 0.25) is 0 Å². The number of nitrogens with zero attached hydrogens (tertiary/aromatic N) is 3. The molecule has 8 nitrogen and oxygen atoms in total. The second-order valence-electron chi connectivity index (χ2n) is 6.56. The van der Waals surface area contributed by atoms with Crippen LogP contribution >= 0.6 is 0 Å². The summed E-state index contributed by atoms with van der Waals surface area (Å²) in [4.78, 5) is 14.2. The Morgan fingerprint density at radius 2 is 1.78 bits per heavy atom. The molecule has 1 aromatic carbocycles. The van der Waals surface area contributed by atoms with E-state index < -0.39 is 0 Å². The van der Waals surface area contributed by atoms with Gasteiger partial charge in [0.05, 0.1) is 18.5 Å². The maximum atomic E-state index is 12.5. The summed E-state index contributed by atoms with van der Waals surface area (Å²) < 4.78 is 16.5. The molecule has 1 aliphatic heterocycles. The van der Waals surface area contributed by atoms with Crippen molar-refractivity contribution in [1.82, 2.24) is 15.1 Å². The van der Waals surface area contributed by atoms with Crippen molar-refractivity contribution in [3.8, 4) is 23.1 Å². The second kappa shape index (κ2) is 7.24. The summed E-state index contributed by atoms with van der Waals surface area (Å²) in [7, 11) is 0. The van der Waals surface area contributed by atoms with Gasteiger partial charge in [-0.15, -0.1) is 10.2 Å². The number of rotatable bonds is 3. The third-order valence-electron chi connectivity index (χ3n) is 4.25. The number of carbonyl (C=O) groups is 1. The molecule has 2 aromatic heterocycles. The van der Waals surface area contributed by atoms with E-state index in [1.54, 1.807) is 35.4 Å². The predicted molar refractivity (Wildman–Crippen MR) is 98.0 cm³/mol. The summed E-state index contributed by atoms with van der Waals surface area (Å²) in [6.07, 6.45) is 1.61. The van der Waals surface area contributed by atoms with Gasteiger partial charge in [-0.25, -0.2) is 4.79 Å². The number of carbonyl (C=O) groups excluding carboxylic acids is 1. The Bertz CT molecular complexity index is 894. The van der Waals surface area contributed by atoms with Gasteiger partial charge in [0.2, 0.25) is 5.89 Å². The molecule has 0 spiro atoms. The number of nitrogens with one attached hydrogen (secondary N) is 1.